The van der Waals surface area contributed by atoms with Crippen LogP contribution in [0.4, 0.5) is 27.5 Å². The third-order valence-corrected chi connectivity index (χ3v) is 7.89. The number of sulfonamides is 1. The lowest BCUT2D eigenvalue weighted by Crippen LogP contribution is -2.21. The maximum absolute atomic E-state index is 12.8. The Labute approximate surface area is 250 Å². The van der Waals surface area contributed by atoms with Crippen LogP contribution in [-0.2, 0) is 15.8 Å². The summed E-state index contributed by atoms with van der Waals surface area (Å²) in [5.74, 6) is -0.483. The number of nitrogen functional groups attached to an aromatic ring is 1. The van der Waals surface area contributed by atoms with Crippen molar-refractivity contribution < 1.29 is 18.0 Å². The van der Waals surface area contributed by atoms with Crippen molar-refractivity contribution in [3.8, 4) is 0 Å². The summed E-state index contributed by atoms with van der Waals surface area (Å²) >= 11 is 0. The molecular formula is C31H33N7O4S. The van der Waals surface area contributed by atoms with Gasteiger partial charge in [0.25, 0.3) is 5.91 Å². The molecule has 4 aromatic carbocycles. The smallest absolute Gasteiger partial charge is 0.323 e. The molecule has 4 rings (SSSR count). The van der Waals surface area contributed by atoms with E-state index in [2.05, 4.69) is 26.0 Å². The summed E-state index contributed by atoms with van der Waals surface area (Å²) in [6.07, 6.45) is 0. The molecule has 43 heavy (non-hydrogen) atoms. The van der Waals surface area contributed by atoms with Crippen molar-refractivity contribution in [3.05, 3.63) is 119 Å². The van der Waals surface area contributed by atoms with Gasteiger partial charge in [0.05, 0.1) is 17.1 Å². The molecule has 0 bridgehead atoms. The van der Waals surface area contributed by atoms with Gasteiger partial charge in [0.2, 0.25) is 10.0 Å². The lowest BCUT2D eigenvalue weighted by Gasteiger charge is -2.19. The Morgan fingerprint density at radius 3 is 1.93 bits per heavy atom. The highest BCUT2D eigenvalue weighted by molar-refractivity contribution is 7.88. The number of urea groups is 1. The molecule has 4 aromatic rings. The fraction of sp³-hybridized carbons (Fsp3) is 0.129. The quantitative estimate of drug-likeness (QED) is 0.0932. The number of carbonyl (C=O) groups excluding carboxylic acids is 2. The number of carbonyl (C=O) groups is 2. The Morgan fingerprint density at radius 1 is 0.767 bits per heavy atom. The number of amidine groups is 1. The highest BCUT2D eigenvalue weighted by Crippen LogP contribution is 2.27. The maximum Gasteiger partial charge on any atom is 0.323 e. The van der Waals surface area contributed by atoms with Crippen LogP contribution in [0, 0.1) is 5.41 Å². The SMILES string of the molecule is CNS(=O)(=O)Cc1ccc(NC(=O)c2ccc(C(C)Nc3ccccc3NC(=O)Nc3ccc(C(=N)N)cc3)cc2)cc1. The summed E-state index contributed by atoms with van der Waals surface area (Å²) in [5.41, 5.74) is 10.4. The van der Waals surface area contributed by atoms with Crippen LogP contribution < -0.4 is 31.7 Å². The molecular weight excluding hydrogens is 566 g/mol. The highest BCUT2D eigenvalue weighted by Gasteiger charge is 2.13. The third-order valence-electron chi connectivity index (χ3n) is 6.55. The molecule has 1 unspecified atom stereocenters. The molecule has 0 fully saturated rings. The molecule has 0 saturated heterocycles. The molecule has 0 spiro atoms. The number of nitrogens with one attached hydrogen (secondary N) is 6. The van der Waals surface area contributed by atoms with Gasteiger partial charge in [-0.15, -0.1) is 0 Å². The zero-order valence-corrected chi connectivity index (χ0v) is 24.5. The van der Waals surface area contributed by atoms with Crippen molar-refractivity contribution >= 4 is 50.5 Å². The van der Waals surface area contributed by atoms with Crippen molar-refractivity contribution in [1.29, 1.82) is 5.41 Å². The molecule has 0 aliphatic heterocycles. The number of para-hydroxylation sites is 2. The van der Waals surface area contributed by atoms with Crippen LogP contribution in [0.15, 0.2) is 97.1 Å². The average molecular weight is 600 g/mol. The normalized spacial score (nSPS) is 11.7. The van der Waals surface area contributed by atoms with E-state index in [4.69, 9.17) is 11.1 Å². The van der Waals surface area contributed by atoms with E-state index >= 15 is 0 Å². The summed E-state index contributed by atoms with van der Waals surface area (Å²) in [4.78, 5) is 25.4. The first-order valence-electron chi connectivity index (χ1n) is 13.3. The largest absolute Gasteiger partial charge is 0.384 e. The van der Waals surface area contributed by atoms with E-state index in [0.29, 0.717) is 39.4 Å². The molecule has 11 nitrogen and oxygen atoms in total. The topological polar surface area (TPSA) is 178 Å². The first kappa shape index (κ1) is 30.8. The summed E-state index contributed by atoms with van der Waals surface area (Å²) in [5, 5.41) is 19.3. The summed E-state index contributed by atoms with van der Waals surface area (Å²) in [7, 11) is -2.01. The Kier molecular flexibility index (Phi) is 9.76. The van der Waals surface area contributed by atoms with Crippen molar-refractivity contribution in [3.63, 3.8) is 0 Å². The number of hydrogen-bond donors (Lipinski definition) is 7. The van der Waals surface area contributed by atoms with Crippen LogP contribution >= 0.6 is 0 Å². The number of amides is 3. The fourth-order valence-corrected chi connectivity index (χ4v) is 4.93. The van der Waals surface area contributed by atoms with Gasteiger partial charge in [-0.05, 0) is 85.8 Å². The summed E-state index contributed by atoms with van der Waals surface area (Å²) in [6, 6.07) is 27.2. The van der Waals surface area contributed by atoms with Gasteiger partial charge in [-0.25, -0.2) is 17.9 Å². The monoisotopic (exact) mass is 599 g/mol. The van der Waals surface area contributed by atoms with Gasteiger partial charge in [-0.1, -0.05) is 36.4 Å². The maximum atomic E-state index is 12.8. The van der Waals surface area contributed by atoms with E-state index in [0.717, 1.165) is 5.56 Å². The Bertz CT molecular complexity index is 1710. The number of anilines is 4. The molecule has 0 aliphatic rings. The van der Waals surface area contributed by atoms with Crippen LogP contribution in [-0.4, -0.2) is 33.2 Å². The Balaban J connectivity index is 1.35. The standard InChI is InChI=1S/C31H33N7O4S/c1-20(35-27-5-3-4-6-28(27)38-31(40)37-26-17-13-23(14-18-26)29(32)33)22-9-11-24(12-10-22)30(39)36-25-15-7-21(8-16-25)19-43(41,42)34-2/h3-18,20,34-35H,19H2,1-2H3,(H3,32,33)(H,36,39)(H2,37,38,40). The predicted molar refractivity (Wildman–Crippen MR) is 171 cm³/mol. The molecule has 0 aliphatic carbocycles. The lowest BCUT2D eigenvalue weighted by atomic mass is 10.0. The van der Waals surface area contributed by atoms with Crippen LogP contribution in [0.1, 0.15) is 40.0 Å². The van der Waals surface area contributed by atoms with Gasteiger partial charge in [0.1, 0.15) is 5.84 Å². The second-order valence-corrected chi connectivity index (χ2v) is 11.6. The van der Waals surface area contributed by atoms with E-state index in [1.54, 1.807) is 66.7 Å². The second kappa shape index (κ2) is 13.6. The molecule has 0 heterocycles. The zero-order chi connectivity index (χ0) is 31.0. The molecule has 222 valence electrons. The van der Waals surface area contributed by atoms with Crippen molar-refractivity contribution in [2.75, 3.05) is 28.3 Å². The average Bonchev–Trinajstić information content (AvgIpc) is 2.99. The fourth-order valence-electron chi connectivity index (χ4n) is 4.15. The van der Waals surface area contributed by atoms with Crippen molar-refractivity contribution in [1.82, 2.24) is 4.72 Å². The van der Waals surface area contributed by atoms with Crippen LogP contribution in [0.25, 0.3) is 0 Å². The number of rotatable bonds is 11. The minimum atomic E-state index is -3.38. The van der Waals surface area contributed by atoms with Crippen molar-refractivity contribution in [2.45, 2.75) is 18.7 Å². The van der Waals surface area contributed by atoms with E-state index in [1.165, 1.54) is 7.05 Å². The second-order valence-electron chi connectivity index (χ2n) is 9.72. The van der Waals surface area contributed by atoms with E-state index in [-0.39, 0.29) is 23.5 Å². The summed E-state index contributed by atoms with van der Waals surface area (Å²) in [6.45, 7) is 1.97. The van der Waals surface area contributed by atoms with Crippen LogP contribution in [0.2, 0.25) is 0 Å². The lowest BCUT2D eigenvalue weighted by molar-refractivity contribution is 0.102. The van der Waals surface area contributed by atoms with Gasteiger partial charge in [-0.2, -0.15) is 0 Å². The van der Waals surface area contributed by atoms with Gasteiger partial charge < -0.3 is 27.0 Å². The highest BCUT2D eigenvalue weighted by atomic mass is 32.2. The minimum Gasteiger partial charge on any atom is -0.384 e. The first-order valence-corrected chi connectivity index (χ1v) is 15.0. The van der Waals surface area contributed by atoms with E-state index in [1.807, 2.05) is 37.3 Å². The van der Waals surface area contributed by atoms with Gasteiger partial charge in [-0.3, -0.25) is 10.2 Å². The van der Waals surface area contributed by atoms with E-state index in [9.17, 15) is 18.0 Å². The van der Waals surface area contributed by atoms with Gasteiger partial charge in [0.15, 0.2) is 0 Å². The summed E-state index contributed by atoms with van der Waals surface area (Å²) < 4.78 is 25.7. The Morgan fingerprint density at radius 2 is 1.33 bits per heavy atom. The first-order chi connectivity index (χ1) is 20.5. The van der Waals surface area contributed by atoms with E-state index < -0.39 is 16.1 Å². The van der Waals surface area contributed by atoms with Crippen molar-refractivity contribution in [2.24, 2.45) is 5.73 Å². The molecule has 0 radical (unpaired) electrons. The Hall–Kier alpha value is -5.20. The van der Waals surface area contributed by atoms with Crippen LogP contribution in [0.5, 0.6) is 0 Å². The van der Waals surface area contributed by atoms with Gasteiger partial charge in [0, 0.05) is 28.5 Å². The van der Waals surface area contributed by atoms with Crippen LogP contribution in [0.3, 0.4) is 0 Å². The zero-order valence-electron chi connectivity index (χ0n) is 23.6. The number of benzene rings is 4. The number of nitrogens with two attached hydrogens (primary N) is 1. The third kappa shape index (κ3) is 8.64. The molecule has 3 amide bonds. The molecule has 1 atom stereocenters. The van der Waals surface area contributed by atoms with Gasteiger partial charge >= 0.3 is 6.03 Å². The molecule has 0 aromatic heterocycles. The predicted octanol–water partition coefficient (Wildman–Crippen LogP) is 5.09. The number of hydrogen-bond acceptors (Lipinski definition) is 6. The molecule has 8 N–H and O–H groups in total. The minimum absolute atomic E-state index is 0.0488. The molecule has 12 heteroatoms. The molecule has 0 saturated carbocycles.